The second-order valence-corrected chi connectivity index (χ2v) is 6.83. The first-order valence-electron chi connectivity index (χ1n) is 6.45. The third-order valence-corrected chi connectivity index (χ3v) is 5.05. The molecule has 0 atom stereocenters. The van der Waals surface area contributed by atoms with Gasteiger partial charge in [0.2, 0.25) is 10.0 Å². The van der Waals surface area contributed by atoms with Crippen molar-refractivity contribution >= 4 is 21.1 Å². The third-order valence-electron chi connectivity index (χ3n) is 3.26. The highest BCUT2D eigenvalue weighted by molar-refractivity contribution is 7.89. The van der Waals surface area contributed by atoms with Gasteiger partial charge in [0, 0.05) is 32.1 Å². The molecule has 1 aromatic carbocycles. The molecule has 8 heteroatoms. The van der Waals surface area contributed by atoms with Gasteiger partial charge in [-0.1, -0.05) is 0 Å². The summed E-state index contributed by atoms with van der Waals surface area (Å²) in [7, 11) is -2.19. The molecule has 0 aliphatic heterocycles. The van der Waals surface area contributed by atoms with Crippen molar-refractivity contribution in [1.82, 2.24) is 14.3 Å². The molecule has 0 fully saturated rings. The van der Waals surface area contributed by atoms with Crippen molar-refractivity contribution in [2.75, 3.05) is 7.05 Å². The van der Waals surface area contributed by atoms with Crippen LogP contribution in [0.15, 0.2) is 56.8 Å². The number of rotatable bonds is 4. The van der Waals surface area contributed by atoms with E-state index in [0.717, 1.165) is 5.56 Å². The highest BCUT2D eigenvalue weighted by atomic mass is 32.2. The topological polar surface area (TPSA) is 96.3 Å². The molecule has 0 saturated heterocycles. The number of nitrogens with one attached hydrogen (secondary N) is 1. The van der Waals surface area contributed by atoms with Crippen LogP contribution in [0.2, 0.25) is 0 Å². The largest absolute Gasteiger partial charge is 0.417 e. The van der Waals surface area contributed by atoms with Gasteiger partial charge in [0.15, 0.2) is 5.58 Å². The summed E-state index contributed by atoms with van der Waals surface area (Å²) in [5.74, 6) is -0.616. The molecule has 0 radical (unpaired) electrons. The van der Waals surface area contributed by atoms with E-state index in [1.165, 1.54) is 29.6 Å². The van der Waals surface area contributed by atoms with Crippen molar-refractivity contribution in [3.05, 3.63) is 58.8 Å². The van der Waals surface area contributed by atoms with Gasteiger partial charge in [0.05, 0.1) is 10.4 Å². The van der Waals surface area contributed by atoms with E-state index >= 15 is 0 Å². The van der Waals surface area contributed by atoms with E-state index in [0.29, 0.717) is 5.52 Å². The standard InChI is InChI=1S/C14H13N3O4S/c1-17(9-10-4-6-15-7-5-10)22(19,20)11-2-3-12-13(8-11)21-14(18)16-12/h2-8H,9H2,1H3,(H,16,18). The highest BCUT2D eigenvalue weighted by Gasteiger charge is 2.22. The second kappa shape index (κ2) is 5.39. The van der Waals surface area contributed by atoms with Crippen LogP contribution < -0.4 is 5.76 Å². The molecule has 0 bridgehead atoms. The molecule has 0 spiro atoms. The summed E-state index contributed by atoms with van der Waals surface area (Å²) >= 11 is 0. The summed E-state index contributed by atoms with van der Waals surface area (Å²) in [5.41, 5.74) is 1.50. The summed E-state index contributed by atoms with van der Waals surface area (Å²) in [5, 5.41) is 0. The van der Waals surface area contributed by atoms with Crippen LogP contribution in [0.3, 0.4) is 0 Å². The van der Waals surface area contributed by atoms with Gasteiger partial charge in [0.25, 0.3) is 0 Å². The smallest absolute Gasteiger partial charge is 0.408 e. The molecule has 22 heavy (non-hydrogen) atoms. The Bertz CT molecular complexity index is 960. The molecule has 2 aromatic heterocycles. The fourth-order valence-corrected chi connectivity index (χ4v) is 3.27. The van der Waals surface area contributed by atoms with E-state index in [9.17, 15) is 13.2 Å². The van der Waals surface area contributed by atoms with Crippen LogP contribution in [-0.4, -0.2) is 29.7 Å². The number of hydrogen-bond acceptors (Lipinski definition) is 5. The minimum atomic E-state index is -3.68. The molecule has 0 amide bonds. The number of nitrogens with zero attached hydrogens (tertiary/aromatic N) is 2. The number of aromatic nitrogens is 2. The Hall–Kier alpha value is -2.45. The lowest BCUT2D eigenvalue weighted by molar-refractivity contribution is 0.466. The van der Waals surface area contributed by atoms with Crippen LogP contribution in [0, 0.1) is 0 Å². The van der Waals surface area contributed by atoms with Gasteiger partial charge in [-0.3, -0.25) is 9.97 Å². The van der Waals surface area contributed by atoms with Gasteiger partial charge >= 0.3 is 5.76 Å². The number of sulfonamides is 1. The van der Waals surface area contributed by atoms with Crippen molar-refractivity contribution in [3.63, 3.8) is 0 Å². The zero-order valence-electron chi connectivity index (χ0n) is 11.7. The third kappa shape index (κ3) is 2.66. The minimum absolute atomic E-state index is 0.0688. The molecular weight excluding hydrogens is 306 g/mol. The van der Waals surface area contributed by atoms with Gasteiger partial charge in [-0.05, 0) is 29.8 Å². The average Bonchev–Trinajstić information content (AvgIpc) is 2.87. The van der Waals surface area contributed by atoms with Crippen molar-refractivity contribution < 1.29 is 12.8 Å². The van der Waals surface area contributed by atoms with Crippen LogP contribution in [0.25, 0.3) is 11.1 Å². The van der Waals surface area contributed by atoms with Gasteiger partial charge in [-0.25, -0.2) is 13.2 Å². The summed E-state index contributed by atoms with van der Waals surface area (Å²) in [6.07, 6.45) is 3.21. The number of H-pyrrole nitrogens is 1. The predicted molar refractivity (Wildman–Crippen MR) is 79.7 cm³/mol. The molecule has 0 aliphatic rings. The number of fused-ring (bicyclic) bond motifs is 1. The van der Waals surface area contributed by atoms with E-state index in [1.807, 2.05) is 0 Å². The van der Waals surface area contributed by atoms with Crippen molar-refractivity contribution in [3.8, 4) is 0 Å². The Morgan fingerprint density at radius 3 is 2.68 bits per heavy atom. The Kier molecular flexibility index (Phi) is 3.55. The molecule has 3 rings (SSSR count). The maximum absolute atomic E-state index is 12.6. The Balaban J connectivity index is 1.94. The van der Waals surface area contributed by atoms with Crippen LogP contribution in [-0.2, 0) is 16.6 Å². The normalized spacial score (nSPS) is 12.1. The lowest BCUT2D eigenvalue weighted by Crippen LogP contribution is -2.26. The fourth-order valence-electron chi connectivity index (χ4n) is 2.10. The van der Waals surface area contributed by atoms with E-state index in [2.05, 4.69) is 9.97 Å². The Labute approximate surface area is 126 Å². The fraction of sp³-hybridized carbons (Fsp3) is 0.143. The molecular formula is C14H13N3O4S. The zero-order valence-corrected chi connectivity index (χ0v) is 12.5. The van der Waals surface area contributed by atoms with Gasteiger partial charge in [-0.2, -0.15) is 4.31 Å². The molecule has 7 nitrogen and oxygen atoms in total. The van der Waals surface area contributed by atoms with Crippen molar-refractivity contribution in [2.45, 2.75) is 11.4 Å². The first kappa shape index (κ1) is 14.5. The lowest BCUT2D eigenvalue weighted by Gasteiger charge is -2.17. The van der Waals surface area contributed by atoms with Crippen LogP contribution >= 0.6 is 0 Å². The highest BCUT2D eigenvalue weighted by Crippen LogP contribution is 2.20. The Morgan fingerprint density at radius 2 is 1.95 bits per heavy atom. The van der Waals surface area contributed by atoms with Crippen LogP contribution in [0.4, 0.5) is 0 Å². The zero-order chi connectivity index (χ0) is 15.7. The van der Waals surface area contributed by atoms with E-state index in [1.54, 1.807) is 24.5 Å². The number of hydrogen-bond donors (Lipinski definition) is 1. The van der Waals surface area contributed by atoms with E-state index < -0.39 is 15.8 Å². The number of benzene rings is 1. The number of aromatic amines is 1. The molecule has 0 saturated carbocycles. The minimum Gasteiger partial charge on any atom is -0.408 e. The van der Waals surface area contributed by atoms with Crippen molar-refractivity contribution in [2.24, 2.45) is 0 Å². The predicted octanol–water partition coefficient (Wildman–Crippen LogP) is 1.34. The maximum atomic E-state index is 12.6. The van der Waals surface area contributed by atoms with Gasteiger partial charge in [0.1, 0.15) is 0 Å². The first-order chi connectivity index (χ1) is 10.5. The SMILES string of the molecule is CN(Cc1ccncc1)S(=O)(=O)c1ccc2[nH]c(=O)oc2c1. The first-order valence-corrected chi connectivity index (χ1v) is 7.89. The second-order valence-electron chi connectivity index (χ2n) is 4.79. The molecule has 0 aliphatic carbocycles. The number of pyridine rings is 1. The number of oxazole rings is 1. The summed E-state index contributed by atoms with van der Waals surface area (Å²) in [4.78, 5) is 17.6. The van der Waals surface area contributed by atoms with Crippen LogP contribution in [0.5, 0.6) is 0 Å². The maximum Gasteiger partial charge on any atom is 0.417 e. The van der Waals surface area contributed by atoms with Gasteiger partial charge < -0.3 is 4.42 Å². The van der Waals surface area contributed by atoms with E-state index in [4.69, 9.17) is 4.42 Å². The van der Waals surface area contributed by atoms with Crippen LogP contribution in [0.1, 0.15) is 5.56 Å². The molecule has 1 N–H and O–H groups in total. The molecule has 2 heterocycles. The van der Waals surface area contributed by atoms with E-state index in [-0.39, 0.29) is 17.0 Å². The molecule has 0 unspecified atom stereocenters. The molecule has 3 aromatic rings. The van der Waals surface area contributed by atoms with Crippen molar-refractivity contribution in [1.29, 1.82) is 0 Å². The van der Waals surface area contributed by atoms with Gasteiger partial charge in [-0.15, -0.1) is 0 Å². The quantitative estimate of drug-likeness (QED) is 0.782. The lowest BCUT2D eigenvalue weighted by atomic mass is 10.3. The summed E-state index contributed by atoms with van der Waals surface area (Å²) in [6.45, 7) is 0.222. The average molecular weight is 319 g/mol. The summed E-state index contributed by atoms with van der Waals surface area (Å²) < 4.78 is 31.3. The Morgan fingerprint density at radius 1 is 1.23 bits per heavy atom. The molecule has 114 valence electrons. The summed E-state index contributed by atoms with van der Waals surface area (Å²) in [6, 6.07) is 7.78. The monoisotopic (exact) mass is 319 g/mol.